The second-order valence-electron chi connectivity index (χ2n) is 6.64. The van der Waals surface area contributed by atoms with Crippen LogP contribution >= 0.6 is 0 Å². The van der Waals surface area contributed by atoms with Crippen molar-refractivity contribution in [1.82, 2.24) is 9.21 Å². The molecule has 0 N–H and O–H groups in total. The molecule has 0 spiro atoms. The van der Waals surface area contributed by atoms with E-state index in [0.717, 1.165) is 38.5 Å². The van der Waals surface area contributed by atoms with Crippen LogP contribution < -0.4 is 0 Å². The molecule has 0 bridgehead atoms. The van der Waals surface area contributed by atoms with Crippen molar-refractivity contribution < 1.29 is 17.9 Å². The maximum Gasteiger partial charge on any atom is 0.219 e. The Hall–Kier alpha value is -0.660. The average Bonchev–Trinajstić information content (AvgIpc) is 3.34. The van der Waals surface area contributed by atoms with Gasteiger partial charge >= 0.3 is 0 Å². The second-order valence-corrected chi connectivity index (χ2v) is 8.86. The molecular formula is C15H26N2O4S. The Balaban J connectivity index is 1.62. The van der Waals surface area contributed by atoms with Crippen molar-refractivity contribution in [3.8, 4) is 0 Å². The van der Waals surface area contributed by atoms with E-state index in [2.05, 4.69) is 0 Å². The summed E-state index contributed by atoms with van der Waals surface area (Å²) in [5.41, 5.74) is 0. The maximum absolute atomic E-state index is 12.3. The van der Waals surface area contributed by atoms with Gasteiger partial charge in [0.05, 0.1) is 5.25 Å². The topological polar surface area (TPSA) is 66.9 Å². The van der Waals surface area contributed by atoms with E-state index in [1.165, 1.54) is 0 Å². The molecule has 0 unspecified atom stereocenters. The first-order chi connectivity index (χ1) is 10.5. The van der Waals surface area contributed by atoms with E-state index in [1.54, 1.807) is 11.2 Å². The summed E-state index contributed by atoms with van der Waals surface area (Å²) in [6.07, 6.45) is 4.90. The number of hydrogen-bond donors (Lipinski definition) is 0. The molecule has 2 saturated heterocycles. The zero-order chi connectivity index (χ0) is 15.7. The Morgan fingerprint density at radius 2 is 1.55 bits per heavy atom. The normalized spacial score (nSPS) is 26.0. The number of rotatable bonds is 4. The average molecular weight is 330 g/mol. The van der Waals surface area contributed by atoms with Crippen molar-refractivity contribution in [3.63, 3.8) is 0 Å². The molecule has 126 valence electrons. The quantitative estimate of drug-likeness (QED) is 0.770. The standard InChI is InChI=1S/C15H26N2O4S/c1-12(18)17(14-6-10-21-11-7-14)13-4-8-16(9-5-13)22(19,20)15-2-3-15/h13-15H,2-11H2,1H3. The van der Waals surface area contributed by atoms with Crippen LogP contribution in [0.4, 0.5) is 0 Å². The number of amides is 1. The van der Waals surface area contributed by atoms with Gasteiger partial charge in [-0.3, -0.25) is 4.79 Å². The highest BCUT2D eigenvalue weighted by molar-refractivity contribution is 7.90. The van der Waals surface area contributed by atoms with Crippen LogP contribution in [-0.4, -0.2) is 67.2 Å². The Labute approximate surface area is 132 Å². The van der Waals surface area contributed by atoms with Crippen LogP contribution in [0.3, 0.4) is 0 Å². The monoisotopic (exact) mass is 330 g/mol. The van der Waals surface area contributed by atoms with Crippen LogP contribution in [0.2, 0.25) is 0 Å². The zero-order valence-corrected chi connectivity index (χ0v) is 14.1. The number of sulfonamides is 1. The molecule has 7 heteroatoms. The van der Waals surface area contributed by atoms with Gasteiger partial charge in [-0.15, -0.1) is 0 Å². The fraction of sp³-hybridized carbons (Fsp3) is 0.933. The van der Waals surface area contributed by atoms with Gasteiger partial charge in [0.25, 0.3) is 0 Å². The molecule has 0 radical (unpaired) electrons. The van der Waals surface area contributed by atoms with Crippen molar-refractivity contribution in [2.75, 3.05) is 26.3 Å². The first-order valence-corrected chi connectivity index (χ1v) is 9.86. The van der Waals surface area contributed by atoms with E-state index in [4.69, 9.17) is 4.74 Å². The van der Waals surface area contributed by atoms with Crippen LogP contribution in [0.5, 0.6) is 0 Å². The van der Waals surface area contributed by atoms with Crippen molar-refractivity contribution in [1.29, 1.82) is 0 Å². The lowest BCUT2D eigenvalue weighted by Crippen LogP contribution is -2.53. The lowest BCUT2D eigenvalue weighted by molar-refractivity contribution is -0.137. The summed E-state index contributed by atoms with van der Waals surface area (Å²) < 4.78 is 31.6. The lowest BCUT2D eigenvalue weighted by Gasteiger charge is -2.43. The number of carbonyl (C=O) groups is 1. The van der Waals surface area contributed by atoms with Gasteiger partial charge in [0.2, 0.25) is 15.9 Å². The van der Waals surface area contributed by atoms with Crippen molar-refractivity contribution in [3.05, 3.63) is 0 Å². The van der Waals surface area contributed by atoms with E-state index in [9.17, 15) is 13.2 Å². The molecule has 1 aliphatic carbocycles. The molecule has 6 nitrogen and oxygen atoms in total. The first kappa shape index (κ1) is 16.2. The SMILES string of the molecule is CC(=O)N(C1CCOCC1)C1CCN(S(=O)(=O)C2CC2)CC1. The molecule has 0 aromatic heterocycles. The van der Waals surface area contributed by atoms with Crippen molar-refractivity contribution in [2.24, 2.45) is 0 Å². The number of carbonyl (C=O) groups excluding carboxylic acids is 1. The number of ether oxygens (including phenoxy) is 1. The van der Waals surface area contributed by atoms with Gasteiger partial charge in [-0.05, 0) is 38.5 Å². The summed E-state index contributed by atoms with van der Waals surface area (Å²) >= 11 is 0. The van der Waals surface area contributed by atoms with Crippen LogP contribution in [0.1, 0.15) is 45.4 Å². The smallest absolute Gasteiger partial charge is 0.219 e. The highest BCUT2D eigenvalue weighted by Crippen LogP contribution is 2.33. The highest BCUT2D eigenvalue weighted by Gasteiger charge is 2.42. The Morgan fingerprint density at radius 1 is 1.00 bits per heavy atom. The van der Waals surface area contributed by atoms with Gasteiger partial charge in [0, 0.05) is 45.3 Å². The highest BCUT2D eigenvalue weighted by atomic mass is 32.2. The zero-order valence-electron chi connectivity index (χ0n) is 13.2. The van der Waals surface area contributed by atoms with E-state index in [-0.39, 0.29) is 23.2 Å². The van der Waals surface area contributed by atoms with E-state index in [0.29, 0.717) is 26.3 Å². The molecule has 1 saturated carbocycles. The third-order valence-corrected chi connectivity index (χ3v) is 7.47. The van der Waals surface area contributed by atoms with Gasteiger partial charge in [0.15, 0.2) is 0 Å². The Bertz CT molecular complexity index is 504. The lowest BCUT2D eigenvalue weighted by atomic mass is 9.99. The molecule has 0 aromatic rings. The van der Waals surface area contributed by atoms with E-state index >= 15 is 0 Å². The van der Waals surface area contributed by atoms with Crippen molar-refractivity contribution in [2.45, 2.75) is 62.8 Å². The molecule has 3 rings (SSSR count). The fourth-order valence-corrected chi connectivity index (χ4v) is 5.60. The van der Waals surface area contributed by atoms with E-state index < -0.39 is 10.0 Å². The summed E-state index contributed by atoms with van der Waals surface area (Å²) in [5.74, 6) is 0.107. The van der Waals surface area contributed by atoms with Crippen LogP contribution in [-0.2, 0) is 19.6 Å². The minimum Gasteiger partial charge on any atom is -0.381 e. The predicted molar refractivity (Wildman–Crippen MR) is 82.9 cm³/mol. The van der Waals surface area contributed by atoms with Gasteiger partial charge in [-0.1, -0.05) is 0 Å². The molecule has 22 heavy (non-hydrogen) atoms. The van der Waals surface area contributed by atoms with Crippen molar-refractivity contribution >= 4 is 15.9 Å². The molecule has 3 fully saturated rings. The number of piperidine rings is 1. The fourth-order valence-electron chi connectivity index (χ4n) is 3.73. The number of nitrogens with zero attached hydrogens (tertiary/aromatic N) is 2. The Morgan fingerprint density at radius 3 is 2.05 bits per heavy atom. The molecule has 3 aliphatic rings. The minimum atomic E-state index is -3.07. The molecule has 2 aliphatic heterocycles. The summed E-state index contributed by atoms with van der Waals surface area (Å²) in [7, 11) is -3.07. The van der Waals surface area contributed by atoms with Gasteiger partial charge in [0.1, 0.15) is 0 Å². The summed E-state index contributed by atoms with van der Waals surface area (Å²) in [6, 6.07) is 0.425. The summed E-state index contributed by atoms with van der Waals surface area (Å²) in [4.78, 5) is 14.1. The van der Waals surface area contributed by atoms with Crippen LogP contribution in [0.15, 0.2) is 0 Å². The van der Waals surface area contributed by atoms with Gasteiger partial charge in [-0.2, -0.15) is 0 Å². The van der Waals surface area contributed by atoms with Gasteiger partial charge in [-0.25, -0.2) is 12.7 Å². The third kappa shape index (κ3) is 3.31. The van der Waals surface area contributed by atoms with Crippen LogP contribution in [0, 0.1) is 0 Å². The minimum absolute atomic E-state index is 0.107. The molecule has 1 amide bonds. The molecule has 2 heterocycles. The largest absolute Gasteiger partial charge is 0.381 e. The molecule has 0 atom stereocenters. The number of hydrogen-bond acceptors (Lipinski definition) is 4. The second kappa shape index (κ2) is 6.45. The Kier molecular flexibility index (Phi) is 4.75. The first-order valence-electron chi connectivity index (χ1n) is 8.36. The molecule has 0 aromatic carbocycles. The maximum atomic E-state index is 12.3. The predicted octanol–water partition coefficient (Wildman–Crippen LogP) is 0.971. The third-order valence-electron chi connectivity index (χ3n) is 5.07. The van der Waals surface area contributed by atoms with Gasteiger partial charge < -0.3 is 9.64 Å². The summed E-state index contributed by atoms with van der Waals surface area (Å²) in [6.45, 7) is 4.16. The molecular weight excluding hydrogens is 304 g/mol. The summed E-state index contributed by atoms with van der Waals surface area (Å²) in [5, 5.41) is -0.136. The van der Waals surface area contributed by atoms with E-state index in [1.807, 2.05) is 4.90 Å². The van der Waals surface area contributed by atoms with Crippen LogP contribution in [0.25, 0.3) is 0 Å².